The predicted octanol–water partition coefficient (Wildman–Crippen LogP) is 3.19. The van der Waals surface area contributed by atoms with Gasteiger partial charge in [-0.3, -0.25) is 14.3 Å². The van der Waals surface area contributed by atoms with Crippen molar-refractivity contribution in [3.05, 3.63) is 53.1 Å². The number of imidazole rings is 1. The van der Waals surface area contributed by atoms with E-state index in [9.17, 15) is 0 Å². The van der Waals surface area contributed by atoms with E-state index < -0.39 is 0 Å². The zero-order valence-electron chi connectivity index (χ0n) is 13.6. The molecule has 6 heteroatoms. The van der Waals surface area contributed by atoms with Gasteiger partial charge in [-0.2, -0.15) is 0 Å². The summed E-state index contributed by atoms with van der Waals surface area (Å²) in [6.45, 7) is 6.29. The molecule has 0 saturated carbocycles. The van der Waals surface area contributed by atoms with Crippen LogP contribution in [0.1, 0.15) is 11.4 Å². The molecule has 0 bridgehead atoms. The fraction of sp³-hybridized carbons (Fsp3) is 0.333. The molecule has 0 atom stereocenters. The van der Waals surface area contributed by atoms with Crippen molar-refractivity contribution in [3.8, 4) is 11.3 Å². The third kappa shape index (κ3) is 3.02. The van der Waals surface area contributed by atoms with E-state index >= 15 is 0 Å². The average molecular weight is 343 g/mol. The van der Waals surface area contributed by atoms with Crippen molar-refractivity contribution in [1.29, 1.82) is 0 Å². The summed E-state index contributed by atoms with van der Waals surface area (Å²) in [5.41, 5.74) is 5.09. The largest absolute Gasteiger partial charge is 0.379 e. The number of halogens is 1. The lowest BCUT2D eigenvalue weighted by Gasteiger charge is -2.26. The zero-order valence-corrected chi connectivity index (χ0v) is 14.3. The maximum Gasteiger partial charge on any atom is 0.156 e. The topological polar surface area (TPSA) is 42.7 Å². The summed E-state index contributed by atoms with van der Waals surface area (Å²) in [6.07, 6.45) is 3.88. The number of nitrogens with zero attached hydrogens (tertiary/aromatic N) is 4. The summed E-state index contributed by atoms with van der Waals surface area (Å²) in [4.78, 5) is 11.6. The van der Waals surface area contributed by atoms with Crippen LogP contribution in [-0.4, -0.2) is 45.6 Å². The van der Waals surface area contributed by atoms with Crippen LogP contribution in [0.5, 0.6) is 0 Å². The van der Waals surface area contributed by atoms with Gasteiger partial charge < -0.3 is 4.74 Å². The second-order valence-corrected chi connectivity index (χ2v) is 6.50. The highest BCUT2D eigenvalue weighted by Crippen LogP contribution is 2.27. The van der Waals surface area contributed by atoms with Gasteiger partial charge in [-0.15, -0.1) is 0 Å². The van der Waals surface area contributed by atoms with Crippen LogP contribution in [0.2, 0.25) is 5.02 Å². The van der Waals surface area contributed by atoms with Gasteiger partial charge in [0, 0.05) is 36.4 Å². The second kappa shape index (κ2) is 6.51. The van der Waals surface area contributed by atoms with Crippen LogP contribution in [0.4, 0.5) is 0 Å². The van der Waals surface area contributed by atoms with E-state index in [4.69, 9.17) is 21.3 Å². The molecule has 2 aromatic heterocycles. The maximum atomic E-state index is 6.04. The SMILES string of the molecule is Cc1cn2c(CN3CCOCC3)c(-c3ccc(Cl)cc3)nc2cn1. The zero-order chi connectivity index (χ0) is 16.5. The Morgan fingerprint density at radius 3 is 2.67 bits per heavy atom. The lowest BCUT2D eigenvalue weighted by Crippen LogP contribution is -2.36. The molecule has 0 amide bonds. The van der Waals surface area contributed by atoms with Gasteiger partial charge in [0.15, 0.2) is 5.65 Å². The van der Waals surface area contributed by atoms with E-state index in [1.807, 2.05) is 37.4 Å². The van der Waals surface area contributed by atoms with E-state index in [1.165, 1.54) is 5.69 Å². The van der Waals surface area contributed by atoms with Gasteiger partial charge in [0.05, 0.1) is 36.5 Å². The van der Waals surface area contributed by atoms with Crippen molar-refractivity contribution in [3.63, 3.8) is 0 Å². The first-order valence-electron chi connectivity index (χ1n) is 8.10. The number of rotatable bonds is 3. The third-order valence-electron chi connectivity index (χ3n) is 4.33. The van der Waals surface area contributed by atoms with Crippen LogP contribution < -0.4 is 0 Å². The molecule has 1 aliphatic heterocycles. The molecule has 3 aromatic rings. The molecule has 0 unspecified atom stereocenters. The molecule has 1 saturated heterocycles. The van der Waals surface area contributed by atoms with Gasteiger partial charge >= 0.3 is 0 Å². The lowest BCUT2D eigenvalue weighted by atomic mass is 10.1. The van der Waals surface area contributed by atoms with Crippen molar-refractivity contribution in [2.24, 2.45) is 0 Å². The normalized spacial score (nSPS) is 15.9. The highest BCUT2D eigenvalue weighted by molar-refractivity contribution is 6.30. The molecule has 0 radical (unpaired) electrons. The molecule has 24 heavy (non-hydrogen) atoms. The van der Waals surface area contributed by atoms with Gasteiger partial charge in [-0.25, -0.2) is 4.98 Å². The number of aromatic nitrogens is 3. The Hall–Kier alpha value is -1.95. The number of benzene rings is 1. The molecule has 1 aromatic carbocycles. The molecule has 5 nitrogen and oxygen atoms in total. The standard InChI is InChI=1S/C18H19ClN4O/c1-13-11-23-16(12-22-6-8-24-9-7-22)18(21-17(23)10-20-13)14-2-4-15(19)5-3-14/h2-5,10-11H,6-9,12H2,1H3. The van der Waals surface area contributed by atoms with Crippen LogP contribution >= 0.6 is 11.6 Å². The molecular weight excluding hydrogens is 324 g/mol. The van der Waals surface area contributed by atoms with Crippen molar-refractivity contribution < 1.29 is 4.74 Å². The fourth-order valence-electron chi connectivity index (χ4n) is 3.06. The van der Waals surface area contributed by atoms with Gasteiger partial charge in [0.25, 0.3) is 0 Å². The quantitative estimate of drug-likeness (QED) is 0.733. The van der Waals surface area contributed by atoms with Crippen molar-refractivity contribution in [2.75, 3.05) is 26.3 Å². The van der Waals surface area contributed by atoms with Gasteiger partial charge in [-0.05, 0) is 19.1 Å². The van der Waals surface area contributed by atoms with Crippen molar-refractivity contribution in [1.82, 2.24) is 19.3 Å². The van der Waals surface area contributed by atoms with Crippen LogP contribution in [0, 0.1) is 6.92 Å². The fourth-order valence-corrected chi connectivity index (χ4v) is 3.19. The summed E-state index contributed by atoms with van der Waals surface area (Å²) in [5, 5.41) is 0.731. The smallest absolute Gasteiger partial charge is 0.156 e. The number of fused-ring (bicyclic) bond motifs is 1. The predicted molar refractivity (Wildman–Crippen MR) is 94.3 cm³/mol. The molecule has 0 aliphatic carbocycles. The first-order valence-corrected chi connectivity index (χ1v) is 8.48. The highest BCUT2D eigenvalue weighted by atomic mass is 35.5. The summed E-state index contributed by atoms with van der Waals surface area (Å²) >= 11 is 6.04. The van der Waals surface area contributed by atoms with Crippen LogP contribution in [0.15, 0.2) is 36.7 Å². The molecule has 3 heterocycles. The Morgan fingerprint density at radius 2 is 1.92 bits per heavy atom. The molecule has 124 valence electrons. The molecule has 0 spiro atoms. The number of morpholine rings is 1. The Labute approximate surface area is 145 Å². The highest BCUT2D eigenvalue weighted by Gasteiger charge is 2.19. The number of hydrogen-bond donors (Lipinski definition) is 0. The average Bonchev–Trinajstić information content (AvgIpc) is 2.94. The summed E-state index contributed by atoms with van der Waals surface area (Å²) in [7, 11) is 0. The lowest BCUT2D eigenvalue weighted by molar-refractivity contribution is 0.0336. The number of aryl methyl sites for hydroxylation is 1. The first kappa shape index (κ1) is 15.6. The van der Waals surface area contributed by atoms with Crippen molar-refractivity contribution in [2.45, 2.75) is 13.5 Å². The summed E-state index contributed by atoms with van der Waals surface area (Å²) < 4.78 is 7.62. The maximum absolute atomic E-state index is 6.04. The van der Waals surface area contributed by atoms with E-state index in [-0.39, 0.29) is 0 Å². The Kier molecular flexibility index (Phi) is 4.22. The van der Waals surface area contributed by atoms with E-state index in [0.717, 1.165) is 60.5 Å². The van der Waals surface area contributed by atoms with Gasteiger partial charge in [0.1, 0.15) is 0 Å². The van der Waals surface area contributed by atoms with Crippen LogP contribution in [0.3, 0.4) is 0 Å². The number of hydrogen-bond acceptors (Lipinski definition) is 4. The van der Waals surface area contributed by atoms with Crippen LogP contribution in [0.25, 0.3) is 16.9 Å². The molecule has 0 N–H and O–H groups in total. The minimum atomic E-state index is 0.731. The monoisotopic (exact) mass is 342 g/mol. The van der Waals surface area contributed by atoms with Crippen LogP contribution in [-0.2, 0) is 11.3 Å². The number of ether oxygens (including phenoxy) is 1. The summed E-state index contributed by atoms with van der Waals surface area (Å²) in [6, 6.07) is 7.85. The van der Waals surface area contributed by atoms with E-state index in [0.29, 0.717) is 0 Å². The van der Waals surface area contributed by atoms with E-state index in [1.54, 1.807) is 0 Å². The molecule has 1 fully saturated rings. The third-order valence-corrected chi connectivity index (χ3v) is 4.58. The minimum Gasteiger partial charge on any atom is -0.379 e. The molecule has 1 aliphatic rings. The van der Waals surface area contributed by atoms with Gasteiger partial charge in [-0.1, -0.05) is 23.7 Å². The Balaban J connectivity index is 1.81. The second-order valence-electron chi connectivity index (χ2n) is 6.06. The first-order chi connectivity index (χ1) is 11.7. The Morgan fingerprint density at radius 1 is 1.17 bits per heavy atom. The minimum absolute atomic E-state index is 0.731. The molecule has 4 rings (SSSR count). The van der Waals surface area contributed by atoms with Crippen molar-refractivity contribution >= 4 is 17.2 Å². The van der Waals surface area contributed by atoms with E-state index in [2.05, 4.69) is 20.5 Å². The van der Waals surface area contributed by atoms with Gasteiger partial charge in [0.2, 0.25) is 0 Å². The summed E-state index contributed by atoms with van der Waals surface area (Å²) in [5.74, 6) is 0. The molecular formula is C18H19ClN4O. The Bertz CT molecular complexity index is 853.